The van der Waals surface area contributed by atoms with E-state index >= 15 is 0 Å². The van der Waals surface area contributed by atoms with Crippen LogP contribution < -0.4 is 10.6 Å². The second-order valence-corrected chi connectivity index (χ2v) is 5.19. The van der Waals surface area contributed by atoms with E-state index in [0.717, 1.165) is 12.0 Å². The first-order valence-electron chi connectivity index (χ1n) is 6.69. The van der Waals surface area contributed by atoms with Crippen LogP contribution in [0.1, 0.15) is 52.9 Å². The molecule has 1 aliphatic heterocycles. The van der Waals surface area contributed by atoms with Gasteiger partial charge in [0.1, 0.15) is 0 Å². The van der Waals surface area contributed by atoms with Crippen LogP contribution in [-0.2, 0) is 0 Å². The van der Waals surface area contributed by atoms with Gasteiger partial charge < -0.3 is 10.6 Å². The Bertz CT molecular complexity index is 151. The van der Waals surface area contributed by atoms with Crippen molar-refractivity contribution in [3.05, 3.63) is 0 Å². The first-order chi connectivity index (χ1) is 7.22. The summed E-state index contributed by atoms with van der Waals surface area (Å²) in [6.45, 7) is 9.37. The second-order valence-electron chi connectivity index (χ2n) is 5.19. The summed E-state index contributed by atoms with van der Waals surface area (Å²) in [5.41, 5.74) is 0. The topological polar surface area (TPSA) is 24.1 Å². The van der Waals surface area contributed by atoms with E-state index in [-0.39, 0.29) is 0 Å². The van der Waals surface area contributed by atoms with Crippen molar-refractivity contribution in [2.24, 2.45) is 5.92 Å². The molecule has 0 spiro atoms. The molecule has 90 valence electrons. The van der Waals surface area contributed by atoms with Gasteiger partial charge in [-0.25, -0.2) is 0 Å². The van der Waals surface area contributed by atoms with E-state index in [4.69, 9.17) is 0 Å². The van der Waals surface area contributed by atoms with Crippen molar-refractivity contribution in [1.29, 1.82) is 0 Å². The van der Waals surface area contributed by atoms with Gasteiger partial charge in [0.25, 0.3) is 0 Å². The quantitative estimate of drug-likeness (QED) is 0.732. The highest BCUT2D eigenvalue weighted by Crippen LogP contribution is 2.12. The van der Waals surface area contributed by atoms with Gasteiger partial charge in [-0.15, -0.1) is 0 Å². The lowest BCUT2D eigenvalue weighted by atomic mass is 9.99. The van der Waals surface area contributed by atoms with E-state index in [1.165, 1.54) is 45.2 Å². The predicted molar refractivity (Wildman–Crippen MR) is 67.2 cm³/mol. The molecule has 0 amide bonds. The van der Waals surface area contributed by atoms with Crippen LogP contribution in [0.2, 0.25) is 0 Å². The summed E-state index contributed by atoms with van der Waals surface area (Å²) < 4.78 is 0. The minimum absolute atomic E-state index is 0.683. The molecule has 3 atom stereocenters. The van der Waals surface area contributed by atoms with E-state index < -0.39 is 0 Å². The van der Waals surface area contributed by atoms with Gasteiger partial charge in [0.05, 0.1) is 0 Å². The average Bonchev–Trinajstić information content (AvgIpc) is 2.46. The molecular formula is C13H28N2. The van der Waals surface area contributed by atoms with Crippen molar-refractivity contribution in [2.45, 2.75) is 65.0 Å². The average molecular weight is 212 g/mol. The molecule has 0 aromatic carbocycles. The third-order valence-electron chi connectivity index (χ3n) is 3.55. The third-order valence-corrected chi connectivity index (χ3v) is 3.55. The Balaban J connectivity index is 2.20. The summed E-state index contributed by atoms with van der Waals surface area (Å²) in [5.74, 6) is 0.858. The molecular weight excluding hydrogens is 184 g/mol. The van der Waals surface area contributed by atoms with Crippen molar-refractivity contribution < 1.29 is 0 Å². The molecule has 0 saturated carbocycles. The highest BCUT2D eigenvalue weighted by atomic mass is 15.0. The molecule has 2 heteroatoms. The summed E-state index contributed by atoms with van der Waals surface area (Å²) in [4.78, 5) is 0. The van der Waals surface area contributed by atoms with E-state index in [0.29, 0.717) is 6.04 Å². The zero-order valence-electron chi connectivity index (χ0n) is 10.7. The fraction of sp³-hybridized carbons (Fsp3) is 1.00. The van der Waals surface area contributed by atoms with E-state index in [9.17, 15) is 0 Å². The minimum atomic E-state index is 0.683. The Hall–Kier alpha value is -0.0800. The van der Waals surface area contributed by atoms with Crippen LogP contribution in [-0.4, -0.2) is 25.2 Å². The van der Waals surface area contributed by atoms with Gasteiger partial charge in [-0.3, -0.25) is 0 Å². The van der Waals surface area contributed by atoms with Crippen LogP contribution in [0.15, 0.2) is 0 Å². The van der Waals surface area contributed by atoms with Gasteiger partial charge in [0, 0.05) is 12.1 Å². The maximum Gasteiger partial charge on any atom is 0.00820 e. The van der Waals surface area contributed by atoms with Crippen LogP contribution >= 0.6 is 0 Å². The largest absolute Gasteiger partial charge is 0.317 e. The smallest absolute Gasteiger partial charge is 0.00820 e. The van der Waals surface area contributed by atoms with Gasteiger partial charge in [0.2, 0.25) is 0 Å². The minimum Gasteiger partial charge on any atom is -0.317 e. The lowest BCUT2D eigenvalue weighted by molar-refractivity contribution is 0.356. The SMILES string of the molecule is CCC(C)CC(C)NC1CCCNCC1. The van der Waals surface area contributed by atoms with E-state index in [2.05, 4.69) is 31.4 Å². The molecule has 0 aliphatic carbocycles. The Labute approximate surface area is 95.2 Å². The Morgan fingerprint density at radius 1 is 1.27 bits per heavy atom. The second kappa shape index (κ2) is 7.24. The number of hydrogen-bond acceptors (Lipinski definition) is 2. The Morgan fingerprint density at radius 2 is 2.07 bits per heavy atom. The maximum absolute atomic E-state index is 3.78. The van der Waals surface area contributed by atoms with Crippen molar-refractivity contribution in [2.75, 3.05) is 13.1 Å². The van der Waals surface area contributed by atoms with Gasteiger partial charge in [-0.2, -0.15) is 0 Å². The van der Waals surface area contributed by atoms with Crippen LogP contribution in [0.5, 0.6) is 0 Å². The zero-order chi connectivity index (χ0) is 11.1. The van der Waals surface area contributed by atoms with Gasteiger partial charge in [0.15, 0.2) is 0 Å². The molecule has 1 aliphatic rings. The molecule has 3 unspecified atom stereocenters. The maximum atomic E-state index is 3.78. The van der Waals surface area contributed by atoms with Crippen LogP contribution in [0.25, 0.3) is 0 Å². The van der Waals surface area contributed by atoms with E-state index in [1.807, 2.05) is 0 Å². The van der Waals surface area contributed by atoms with Crippen molar-refractivity contribution in [3.63, 3.8) is 0 Å². The highest BCUT2D eigenvalue weighted by Gasteiger charge is 2.15. The normalized spacial score (nSPS) is 27.0. The summed E-state index contributed by atoms with van der Waals surface area (Å²) in [5, 5.41) is 7.25. The van der Waals surface area contributed by atoms with Crippen LogP contribution in [0.4, 0.5) is 0 Å². The fourth-order valence-corrected chi connectivity index (χ4v) is 2.43. The van der Waals surface area contributed by atoms with Crippen molar-refractivity contribution >= 4 is 0 Å². The van der Waals surface area contributed by atoms with Gasteiger partial charge >= 0.3 is 0 Å². The number of hydrogen-bond donors (Lipinski definition) is 2. The molecule has 15 heavy (non-hydrogen) atoms. The summed E-state index contributed by atoms with van der Waals surface area (Å²) in [6, 6.07) is 1.43. The lowest BCUT2D eigenvalue weighted by Gasteiger charge is -2.23. The molecule has 2 N–H and O–H groups in total. The Kier molecular flexibility index (Phi) is 6.26. The molecule has 0 radical (unpaired) electrons. The summed E-state index contributed by atoms with van der Waals surface area (Å²) in [6.07, 6.45) is 6.59. The monoisotopic (exact) mass is 212 g/mol. The molecule has 1 rings (SSSR count). The van der Waals surface area contributed by atoms with Crippen LogP contribution in [0.3, 0.4) is 0 Å². The summed E-state index contributed by atoms with van der Waals surface area (Å²) >= 11 is 0. The lowest BCUT2D eigenvalue weighted by Crippen LogP contribution is -2.37. The molecule has 0 aromatic rings. The third kappa shape index (κ3) is 5.53. The highest BCUT2D eigenvalue weighted by molar-refractivity contribution is 4.76. The van der Waals surface area contributed by atoms with Crippen LogP contribution in [0, 0.1) is 5.92 Å². The standard InChI is InChI=1S/C13H28N2/c1-4-11(2)10-12(3)15-13-6-5-8-14-9-7-13/h11-15H,4-10H2,1-3H3. The molecule has 1 fully saturated rings. The first-order valence-corrected chi connectivity index (χ1v) is 6.69. The Morgan fingerprint density at radius 3 is 2.80 bits per heavy atom. The zero-order valence-corrected chi connectivity index (χ0v) is 10.7. The molecule has 2 nitrogen and oxygen atoms in total. The van der Waals surface area contributed by atoms with Gasteiger partial charge in [-0.05, 0) is 51.6 Å². The molecule has 0 aromatic heterocycles. The van der Waals surface area contributed by atoms with Gasteiger partial charge in [-0.1, -0.05) is 20.3 Å². The first kappa shape index (κ1) is 13.0. The molecule has 1 saturated heterocycles. The number of rotatable bonds is 5. The molecule has 1 heterocycles. The van der Waals surface area contributed by atoms with Crippen molar-refractivity contribution in [1.82, 2.24) is 10.6 Å². The van der Waals surface area contributed by atoms with E-state index in [1.54, 1.807) is 0 Å². The summed E-state index contributed by atoms with van der Waals surface area (Å²) in [7, 11) is 0. The molecule has 0 bridgehead atoms. The van der Waals surface area contributed by atoms with Crippen molar-refractivity contribution in [3.8, 4) is 0 Å². The number of nitrogens with one attached hydrogen (secondary N) is 2. The predicted octanol–water partition coefficient (Wildman–Crippen LogP) is 2.54. The fourth-order valence-electron chi connectivity index (χ4n) is 2.43.